The van der Waals surface area contributed by atoms with Gasteiger partial charge in [-0.15, -0.1) is 11.8 Å². The Labute approximate surface area is 143 Å². The summed E-state index contributed by atoms with van der Waals surface area (Å²) in [4.78, 5) is 16.6. The lowest BCUT2D eigenvalue weighted by Crippen LogP contribution is -2.26. The molecule has 0 unspecified atom stereocenters. The van der Waals surface area contributed by atoms with Crippen LogP contribution in [-0.2, 0) is 6.54 Å². The number of amides is 1. The number of fused-ring (bicyclic) bond motifs is 2. The number of thioether (sulfide) groups is 1. The number of carbonyl (C=O) groups excluding carboxylic acids is 1. The maximum Gasteiger partial charge on any atom is 0.271 e. The Morgan fingerprint density at radius 3 is 3.25 bits per heavy atom. The quantitative estimate of drug-likeness (QED) is 0.552. The molecule has 0 fully saturated rings. The molecule has 3 aromatic rings. The van der Waals surface area contributed by atoms with Gasteiger partial charge in [-0.2, -0.15) is 5.10 Å². The molecule has 0 aliphatic carbocycles. The summed E-state index contributed by atoms with van der Waals surface area (Å²) >= 11 is 1.72. The fraction of sp³-hybridized carbons (Fsp3) is 0.294. The van der Waals surface area contributed by atoms with E-state index in [1.807, 2.05) is 18.3 Å². The number of benzene rings is 1. The lowest BCUT2D eigenvalue weighted by atomic mass is 10.2. The number of aromatic amines is 1. The molecule has 3 heterocycles. The first kappa shape index (κ1) is 15.1. The van der Waals surface area contributed by atoms with Crippen molar-refractivity contribution >= 4 is 28.6 Å². The normalized spacial score (nSPS) is 13.5. The number of rotatable bonds is 5. The third kappa shape index (κ3) is 2.99. The van der Waals surface area contributed by atoms with Crippen LogP contribution in [0.3, 0.4) is 0 Å². The van der Waals surface area contributed by atoms with Crippen LogP contribution in [0.5, 0.6) is 5.88 Å². The van der Waals surface area contributed by atoms with Crippen LogP contribution in [0, 0.1) is 0 Å². The van der Waals surface area contributed by atoms with Crippen molar-refractivity contribution in [3.05, 3.63) is 42.2 Å². The van der Waals surface area contributed by atoms with Gasteiger partial charge in [0.05, 0.1) is 6.61 Å². The van der Waals surface area contributed by atoms with E-state index in [1.165, 1.54) is 10.3 Å². The number of aryl methyl sites for hydroxylation is 1. The highest BCUT2D eigenvalue weighted by Gasteiger charge is 2.17. The van der Waals surface area contributed by atoms with Gasteiger partial charge in [-0.05, 0) is 6.07 Å². The van der Waals surface area contributed by atoms with Crippen LogP contribution in [0.15, 0.2) is 41.4 Å². The molecule has 1 amide bonds. The van der Waals surface area contributed by atoms with Gasteiger partial charge in [0.25, 0.3) is 5.91 Å². The van der Waals surface area contributed by atoms with E-state index in [0.29, 0.717) is 24.7 Å². The molecule has 0 atom stereocenters. The second kappa shape index (κ2) is 6.60. The Bertz CT molecular complexity index is 847. The zero-order valence-electron chi connectivity index (χ0n) is 13.1. The maximum absolute atomic E-state index is 12.2. The number of nitrogens with one attached hydrogen (secondary N) is 2. The summed E-state index contributed by atoms with van der Waals surface area (Å²) in [5, 5.41) is 8.42. The summed E-state index contributed by atoms with van der Waals surface area (Å²) in [6.07, 6.45) is 2.94. The van der Waals surface area contributed by atoms with E-state index in [0.717, 1.165) is 24.2 Å². The van der Waals surface area contributed by atoms with Gasteiger partial charge >= 0.3 is 0 Å². The summed E-state index contributed by atoms with van der Waals surface area (Å²) in [7, 11) is 0. The number of carbonyl (C=O) groups is 1. The molecule has 6 nitrogen and oxygen atoms in total. The number of H-pyrrole nitrogens is 1. The number of para-hydroxylation sites is 1. The van der Waals surface area contributed by atoms with Crippen molar-refractivity contribution in [2.45, 2.75) is 17.9 Å². The van der Waals surface area contributed by atoms with Crippen LogP contribution in [0.2, 0.25) is 0 Å². The molecule has 0 saturated carbocycles. The molecule has 1 aliphatic heterocycles. The summed E-state index contributed by atoms with van der Waals surface area (Å²) in [6.45, 7) is 2.08. The van der Waals surface area contributed by atoms with E-state index in [2.05, 4.69) is 27.5 Å². The third-order valence-electron chi connectivity index (χ3n) is 3.94. The molecule has 7 heteroatoms. The van der Waals surface area contributed by atoms with E-state index in [-0.39, 0.29) is 5.91 Å². The Balaban J connectivity index is 1.31. The van der Waals surface area contributed by atoms with E-state index in [9.17, 15) is 4.79 Å². The summed E-state index contributed by atoms with van der Waals surface area (Å²) < 4.78 is 7.23. The number of ether oxygens (including phenoxy) is 1. The highest BCUT2D eigenvalue weighted by Crippen LogP contribution is 2.27. The van der Waals surface area contributed by atoms with E-state index in [1.54, 1.807) is 22.5 Å². The maximum atomic E-state index is 12.2. The minimum atomic E-state index is -0.153. The zero-order valence-corrected chi connectivity index (χ0v) is 13.9. The molecule has 0 spiro atoms. The van der Waals surface area contributed by atoms with Crippen molar-refractivity contribution in [3.63, 3.8) is 0 Å². The van der Waals surface area contributed by atoms with Gasteiger partial charge in [-0.25, -0.2) is 4.68 Å². The average molecular weight is 342 g/mol. The van der Waals surface area contributed by atoms with Gasteiger partial charge in [0.2, 0.25) is 5.88 Å². The highest BCUT2D eigenvalue weighted by molar-refractivity contribution is 7.99. The number of nitrogens with zero attached hydrogens (tertiary/aromatic N) is 2. The van der Waals surface area contributed by atoms with Gasteiger partial charge in [0.1, 0.15) is 0 Å². The molecule has 0 bridgehead atoms. The van der Waals surface area contributed by atoms with Crippen molar-refractivity contribution in [2.75, 3.05) is 18.9 Å². The van der Waals surface area contributed by atoms with Crippen LogP contribution in [-0.4, -0.2) is 39.6 Å². The largest absolute Gasteiger partial charge is 0.478 e. The standard InChI is InChI=1S/C17H18N4O2S/c22-17(14-10-16-21(20-14)7-3-8-23-16)18-6-9-24-15-11-19-13-5-2-1-4-12(13)15/h1-2,4-5,10-11,19H,3,6-9H2,(H,18,22). The predicted molar refractivity (Wildman–Crippen MR) is 93.7 cm³/mol. The van der Waals surface area contributed by atoms with Crippen molar-refractivity contribution in [2.24, 2.45) is 0 Å². The Kier molecular flexibility index (Phi) is 4.17. The van der Waals surface area contributed by atoms with Gasteiger partial charge in [-0.3, -0.25) is 4.79 Å². The van der Waals surface area contributed by atoms with Crippen LogP contribution in [0.4, 0.5) is 0 Å². The molecule has 2 aromatic heterocycles. The van der Waals surface area contributed by atoms with Crippen LogP contribution in [0.1, 0.15) is 16.9 Å². The first-order valence-corrected chi connectivity index (χ1v) is 8.97. The highest BCUT2D eigenvalue weighted by atomic mass is 32.2. The minimum Gasteiger partial charge on any atom is -0.478 e. The molecule has 24 heavy (non-hydrogen) atoms. The first-order valence-electron chi connectivity index (χ1n) is 7.99. The van der Waals surface area contributed by atoms with E-state index < -0.39 is 0 Å². The third-order valence-corrected chi connectivity index (χ3v) is 4.99. The molecular weight excluding hydrogens is 324 g/mol. The summed E-state index contributed by atoms with van der Waals surface area (Å²) in [5.41, 5.74) is 1.55. The average Bonchev–Trinajstić information content (AvgIpc) is 3.23. The van der Waals surface area contributed by atoms with Crippen LogP contribution in [0.25, 0.3) is 10.9 Å². The fourth-order valence-electron chi connectivity index (χ4n) is 2.76. The van der Waals surface area contributed by atoms with Gasteiger partial charge in [0.15, 0.2) is 5.69 Å². The lowest BCUT2D eigenvalue weighted by Gasteiger charge is -2.13. The smallest absolute Gasteiger partial charge is 0.271 e. The first-order chi connectivity index (χ1) is 11.8. The molecule has 1 aliphatic rings. The molecular formula is C17H18N4O2S. The summed E-state index contributed by atoms with van der Waals surface area (Å²) in [5.74, 6) is 1.33. The second-order valence-corrected chi connectivity index (χ2v) is 6.73. The summed E-state index contributed by atoms with van der Waals surface area (Å²) in [6, 6.07) is 9.92. The van der Waals surface area contributed by atoms with Crippen molar-refractivity contribution in [3.8, 4) is 5.88 Å². The monoisotopic (exact) mass is 342 g/mol. The number of hydrogen-bond donors (Lipinski definition) is 2. The molecule has 1 aromatic carbocycles. The number of hydrogen-bond acceptors (Lipinski definition) is 4. The molecule has 0 saturated heterocycles. The predicted octanol–water partition coefficient (Wildman–Crippen LogP) is 2.67. The van der Waals surface area contributed by atoms with Crippen molar-refractivity contribution in [1.29, 1.82) is 0 Å². The second-order valence-electron chi connectivity index (χ2n) is 5.60. The minimum absolute atomic E-state index is 0.153. The SMILES string of the molecule is O=C(NCCSc1c[nH]c2ccccc12)c1cc2n(n1)CCCO2. The van der Waals surface area contributed by atoms with E-state index in [4.69, 9.17) is 4.74 Å². The van der Waals surface area contributed by atoms with E-state index >= 15 is 0 Å². The molecule has 0 radical (unpaired) electrons. The fourth-order valence-corrected chi connectivity index (χ4v) is 3.66. The molecule has 2 N–H and O–H groups in total. The van der Waals surface area contributed by atoms with Crippen molar-refractivity contribution in [1.82, 2.24) is 20.1 Å². The van der Waals surface area contributed by atoms with Gasteiger partial charge in [-0.1, -0.05) is 18.2 Å². The lowest BCUT2D eigenvalue weighted by molar-refractivity contribution is 0.0950. The molecule has 124 valence electrons. The van der Waals surface area contributed by atoms with Crippen molar-refractivity contribution < 1.29 is 9.53 Å². The number of aromatic nitrogens is 3. The van der Waals surface area contributed by atoms with Gasteiger partial charge in [0, 0.05) is 53.3 Å². The van der Waals surface area contributed by atoms with Gasteiger partial charge < -0.3 is 15.0 Å². The zero-order chi connectivity index (χ0) is 16.4. The van der Waals surface area contributed by atoms with Crippen LogP contribution < -0.4 is 10.1 Å². The van der Waals surface area contributed by atoms with Crippen LogP contribution >= 0.6 is 11.8 Å². The Morgan fingerprint density at radius 1 is 1.42 bits per heavy atom. The Hall–Kier alpha value is -2.41. The molecule has 4 rings (SSSR count). The topological polar surface area (TPSA) is 71.9 Å². The Morgan fingerprint density at radius 2 is 2.33 bits per heavy atom.